The molecule has 3 N–H and O–H groups in total. The molecular formula is C24H37N4O4PS3. The molecule has 0 radical (unpaired) electrons. The van der Waals surface area contributed by atoms with E-state index >= 15 is 0 Å². The molecule has 3 rings (SSSR count). The van der Waals surface area contributed by atoms with Gasteiger partial charge in [-0.25, -0.2) is 8.42 Å². The second kappa shape index (κ2) is 9.98. The number of benzene rings is 1. The van der Waals surface area contributed by atoms with Crippen LogP contribution in [0.2, 0.25) is 0 Å². The molecule has 1 aromatic carbocycles. The number of sulfonamides is 1. The fourth-order valence-electron chi connectivity index (χ4n) is 4.35. The molecule has 1 aromatic rings. The molecule has 0 bridgehead atoms. The average molecular weight is 573 g/mol. The predicted octanol–water partition coefficient (Wildman–Crippen LogP) is 4.32. The normalized spacial score (nSPS) is 24.9. The second-order valence-corrected chi connectivity index (χ2v) is 17.2. The number of likely N-dealkylation sites (tertiary alicyclic amines) is 1. The molecule has 12 heteroatoms. The van der Waals surface area contributed by atoms with Crippen LogP contribution in [0.15, 0.2) is 29.6 Å². The Balaban J connectivity index is 2.11. The summed E-state index contributed by atoms with van der Waals surface area (Å²) in [7, 11) is -3.46. The number of rotatable bonds is 6. The lowest BCUT2D eigenvalue weighted by atomic mass is 9.83. The van der Waals surface area contributed by atoms with Gasteiger partial charge in [-0.05, 0) is 54.2 Å². The third-order valence-electron chi connectivity index (χ3n) is 5.90. The number of hydrogen-bond donors (Lipinski definition) is 3. The van der Waals surface area contributed by atoms with E-state index in [0.717, 1.165) is 12.7 Å². The predicted molar refractivity (Wildman–Crippen MR) is 156 cm³/mol. The number of fused-ring (bicyclic) bond motifs is 1. The van der Waals surface area contributed by atoms with Gasteiger partial charge in [-0.3, -0.25) is 9.52 Å². The first-order chi connectivity index (χ1) is 16.4. The quantitative estimate of drug-likeness (QED) is 0.261. The summed E-state index contributed by atoms with van der Waals surface area (Å²) in [6.45, 7) is 15.5. The van der Waals surface area contributed by atoms with Gasteiger partial charge in [0.05, 0.1) is 35.5 Å². The van der Waals surface area contributed by atoms with Crippen LogP contribution in [0.4, 0.5) is 11.4 Å². The van der Waals surface area contributed by atoms with Crippen molar-refractivity contribution < 1.29 is 17.7 Å². The van der Waals surface area contributed by atoms with Crippen molar-refractivity contribution in [2.45, 2.75) is 60.9 Å². The average Bonchev–Trinajstić information content (AvgIpc) is 2.95. The summed E-state index contributed by atoms with van der Waals surface area (Å²) in [6.07, 6.45) is -0.909. The van der Waals surface area contributed by atoms with Gasteiger partial charge in [-0.15, -0.1) is 0 Å². The molecule has 0 saturated carbocycles. The summed E-state index contributed by atoms with van der Waals surface area (Å²) in [6, 6.07) is 4.67. The fourth-order valence-corrected chi connectivity index (χ4v) is 8.26. The summed E-state index contributed by atoms with van der Waals surface area (Å²) in [5, 5.41) is 7.25. The maximum atomic E-state index is 13.9. The first kappa shape index (κ1) is 29.0. The van der Waals surface area contributed by atoms with Crippen molar-refractivity contribution in [2.75, 3.05) is 29.4 Å². The van der Waals surface area contributed by atoms with Gasteiger partial charge < -0.3 is 19.8 Å². The molecule has 36 heavy (non-hydrogen) atoms. The van der Waals surface area contributed by atoms with Gasteiger partial charge in [0.2, 0.25) is 10.0 Å². The van der Waals surface area contributed by atoms with E-state index in [1.807, 2.05) is 32.6 Å². The van der Waals surface area contributed by atoms with Gasteiger partial charge in [0.1, 0.15) is 10.8 Å². The van der Waals surface area contributed by atoms with Crippen LogP contribution in [0.5, 0.6) is 0 Å². The highest BCUT2D eigenvalue weighted by molar-refractivity contribution is 8.15. The zero-order chi connectivity index (χ0) is 27.3. The Labute approximate surface area is 225 Å². The first-order valence-corrected chi connectivity index (χ1v) is 16.9. The van der Waals surface area contributed by atoms with Gasteiger partial charge in [-0.2, -0.15) is 0 Å². The van der Waals surface area contributed by atoms with Gasteiger partial charge in [0, 0.05) is 12.2 Å². The van der Waals surface area contributed by atoms with Crippen molar-refractivity contribution in [1.82, 2.24) is 9.99 Å². The number of carbonyl (C=O) groups is 1. The Morgan fingerprint density at radius 2 is 1.83 bits per heavy atom. The van der Waals surface area contributed by atoms with Crippen molar-refractivity contribution in [2.24, 2.45) is 10.8 Å². The van der Waals surface area contributed by atoms with Crippen LogP contribution in [0.3, 0.4) is 0 Å². The molecule has 0 spiro atoms. The topological polar surface area (TPSA) is 99.8 Å². The molecule has 0 amide bonds. The summed E-state index contributed by atoms with van der Waals surface area (Å²) in [5.41, 5.74) is 1.21. The molecule has 2 atom stereocenters. The minimum absolute atomic E-state index is 0.0479. The molecule has 2 aliphatic rings. The maximum Gasteiger partial charge on any atom is 0.229 e. The van der Waals surface area contributed by atoms with Gasteiger partial charge in [0.25, 0.3) is 0 Å². The van der Waals surface area contributed by atoms with Crippen LogP contribution < -0.4 is 20.4 Å². The molecular weight excluding hydrogens is 535 g/mol. The molecule has 8 nitrogen and oxygen atoms in total. The zero-order valence-corrected chi connectivity index (χ0v) is 25.5. The molecule has 0 aromatic heterocycles. The Hall–Kier alpha value is -1.52. The molecule has 200 valence electrons. The van der Waals surface area contributed by atoms with Crippen LogP contribution in [0.25, 0.3) is 0 Å². The molecule has 1 saturated heterocycles. The maximum absolute atomic E-state index is 13.9. The second-order valence-electron chi connectivity index (χ2n) is 11.5. The number of nitrogens with zero attached hydrogens (tertiary/aromatic N) is 1. The van der Waals surface area contributed by atoms with E-state index in [2.05, 4.69) is 35.9 Å². The minimum atomic E-state index is -3.46. The van der Waals surface area contributed by atoms with Crippen LogP contribution in [-0.4, -0.2) is 49.5 Å². The Kier molecular flexibility index (Phi) is 8.05. The Bertz CT molecular complexity index is 1260. The number of ketones is 1. The summed E-state index contributed by atoms with van der Waals surface area (Å²) < 4.78 is 32.0. The lowest BCUT2D eigenvalue weighted by Crippen LogP contribution is -2.45. The third kappa shape index (κ3) is 6.30. The third-order valence-corrected chi connectivity index (χ3v) is 10.3. The Morgan fingerprint density at radius 3 is 2.36 bits per heavy atom. The monoisotopic (exact) mass is 572 g/mol. The highest BCUT2D eigenvalue weighted by Gasteiger charge is 2.49. The summed E-state index contributed by atoms with van der Waals surface area (Å²) in [4.78, 5) is 16.4. The molecule has 2 heterocycles. The smallest absolute Gasteiger partial charge is 0.229 e. The summed E-state index contributed by atoms with van der Waals surface area (Å²) in [5.74, 6) is 0.402. The standard InChI is InChI=1S/C24H37N4O4PS3/c1-9-32-33(35)17-14-15(27-36(8,30)31)10-11-16(17)25-21(26-33)18-19(29)20(24(5,6)7)28(22(18)34)13-12-23(2,3)4/h10-11,14,20,25,27H,9,12-13H2,1-8H3,(H,26,35)/b21-18+/t20-,33?/m1/s1. The largest absolute Gasteiger partial charge is 0.351 e. The van der Waals surface area contributed by atoms with Gasteiger partial charge in [-0.1, -0.05) is 53.8 Å². The molecule has 1 fully saturated rings. The van der Waals surface area contributed by atoms with Gasteiger partial charge >= 0.3 is 0 Å². The van der Waals surface area contributed by atoms with E-state index in [-0.39, 0.29) is 16.6 Å². The van der Waals surface area contributed by atoms with E-state index in [4.69, 9.17) is 28.5 Å². The SMILES string of the molecule is CCOP1(=S)N/C(=C2\C(=O)[C@H](C(C)(C)C)N(CCC(C)(C)C)C2=S)Nc2ccc(NS(C)(=O)=O)cc21. The van der Waals surface area contributed by atoms with E-state index in [1.54, 1.807) is 18.2 Å². The highest BCUT2D eigenvalue weighted by atomic mass is 32.4. The summed E-state index contributed by atoms with van der Waals surface area (Å²) >= 11 is 11.9. The van der Waals surface area contributed by atoms with Crippen LogP contribution in [0, 0.1) is 10.8 Å². The fraction of sp³-hybridized carbons (Fsp3) is 0.583. The number of Topliss-reactive ketones (excluding diaryl/α,β-unsaturated/α-hetero) is 1. The number of hydrogen-bond acceptors (Lipinski definition) is 7. The van der Waals surface area contributed by atoms with E-state index in [9.17, 15) is 13.2 Å². The van der Waals surface area contributed by atoms with Crippen LogP contribution in [-0.2, 0) is 31.1 Å². The van der Waals surface area contributed by atoms with Crippen molar-refractivity contribution in [1.29, 1.82) is 0 Å². The highest BCUT2D eigenvalue weighted by Crippen LogP contribution is 2.49. The van der Waals surface area contributed by atoms with Crippen molar-refractivity contribution in [3.8, 4) is 0 Å². The lowest BCUT2D eigenvalue weighted by molar-refractivity contribution is -0.120. The number of anilines is 2. The van der Waals surface area contributed by atoms with E-state index < -0.39 is 22.5 Å². The zero-order valence-electron chi connectivity index (χ0n) is 22.2. The number of nitrogens with one attached hydrogen (secondary N) is 3. The first-order valence-electron chi connectivity index (χ1n) is 11.9. The van der Waals surface area contributed by atoms with Crippen molar-refractivity contribution in [3.63, 3.8) is 0 Å². The van der Waals surface area contributed by atoms with E-state index in [0.29, 0.717) is 46.2 Å². The lowest BCUT2D eigenvalue weighted by Gasteiger charge is -2.35. The molecule has 1 unspecified atom stereocenters. The van der Waals surface area contributed by atoms with Crippen LogP contribution in [0.1, 0.15) is 54.9 Å². The number of thiocarbonyl (C=S) groups is 1. The van der Waals surface area contributed by atoms with Crippen molar-refractivity contribution >= 4 is 67.9 Å². The van der Waals surface area contributed by atoms with Crippen molar-refractivity contribution in [3.05, 3.63) is 29.6 Å². The molecule has 2 aliphatic heterocycles. The van der Waals surface area contributed by atoms with E-state index in [1.165, 1.54) is 0 Å². The van der Waals surface area contributed by atoms with Gasteiger partial charge in [0.15, 0.2) is 12.2 Å². The number of carbonyl (C=O) groups excluding carboxylic acids is 1. The Morgan fingerprint density at radius 1 is 1.19 bits per heavy atom. The van der Waals surface area contributed by atoms with Crippen LogP contribution >= 0.6 is 18.6 Å². The molecule has 0 aliphatic carbocycles. The minimum Gasteiger partial charge on any atom is -0.351 e.